The largest absolute Gasteiger partial charge is 0.409 e. The van der Waals surface area contributed by atoms with Gasteiger partial charge in [0.15, 0.2) is 54.2 Å². The van der Waals surface area contributed by atoms with Crippen LogP contribution in [0, 0.1) is 0 Å². The molecule has 2 aliphatic heterocycles. The smallest absolute Gasteiger partial charge is 0.186 e. The molecule has 0 bridgehead atoms. The molecule has 10 atom stereocenters. The van der Waals surface area contributed by atoms with E-state index in [-0.39, 0.29) is 6.61 Å². The minimum Gasteiger partial charge on any atom is -0.409 e. The van der Waals surface area contributed by atoms with Crippen molar-refractivity contribution in [2.75, 3.05) is 13.2 Å². The lowest BCUT2D eigenvalue weighted by Gasteiger charge is -2.53. The quantitative estimate of drug-likeness (QED) is 0.228. The SMILES string of the molecule is C[Si](C)(C)O[C@@H]1[C@@H](O[Si](C)(C)C)[C@@H](O)O[C@H](CO)[C@@H]1O[C@@H]1O[C@H](CO)[C@H](O[Si](C)(C)C)[C@H](O[Si](C)(C)C)[C@H]1O[Si](C)(C)C. The van der Waals surface area contributed by atoms with Gasteiger partial charge in [-0.25, -0.2) is 0 Å². The molecule has 2 rings (SSSR count). The third kappa shape index (κ3) is 13.0. The lowest BCUT2D eigenvalue weighted by Crippen LogP contribution is -2.69. The average Bonchev–Trinajstić information content (AvgIpc) is 2.77. The van der Waals surface area contributed by atoms with Crippen LogP contribution >= 0.6 is 0 Å². The molecule has 0 aromatic rings. The van der Waals surface area contributed by atoms with Crippen LogP contribution in [0.25, 0.3) is 0 Å². The molecule has 2 fully saturated rings. The second kappa shape index (κ2) is 14.8. The molecule has 0 radical (unpaired) electrons. The van der Waals surface area contributed by atoms with E-state index in [4.69, 9.17) is 36.3 Å². The summed E-state index contributed by atoms with van der Waals surface area (Å²) in [6, 6.07) is 0. The second-order valence-corrected chi connectivity index (χ2v) is 38.9. The molecule has 0 spiro atoms. The Morgan fingerprint density at radius 3 is 1.16 bits per heavy atom. The summed E-state index contributed by atoms with van der Waals surface area (Å²) in [6.07, 6.45) is -8.29. The molecule has 0 saturated carbocycles. The topological polar surface area (TPSA) is 135 Å². The molecule has 0 unspecified atom stereocenters. The van der Waals surface area contributed by atoms with Gasteiger partial charge in [0.05, 0.1) is 13.2 Å². The molecule has 3 N–H and O–H groups in total. The van der Waals surface area contributed by atoms with Crippen LogP contribution in [0.3, 0.4) is 0 Å². The van der Waals surface area contributed by atoms with Crippen LogP contribution in [0.2, 0.25) is 98.2 Å². The van der Waals surface area contributed by atoms with E-state index in [9.17, 15) is 15.3 Å². The van der Waals surface area contributed by atoms with Crippen molar-refractivity contribution >= 4 is 41.6 Å². The van der Waals surface area contributed by atoms with E-state index in [0.717, 1.165) is 0 Å². The van der Waals surface area contributed by atoms with Gasteiger partial charge < -0.3 is 51.7 Å². The number of aliphatic hydroxyl groups excluding tert-OH is 3. The summed E-state index contributed by atoms with van der Waals surface area (Å²) in [7, 11) is -10.9. The van der Waals surface area contributed by atoms with Gasteiger partial charge in [0.2, 0.25) is 0 Å². The van der Waals surface area contributed by atoms with Crippen molar-refractivity contribution < 1.29 is 51.7 Å². The highest BCUT2D eigenvalue weighted by atomic mass is 28.4. The molecule has 0 aromatic heterocycles. The fourth-order valence-corrected chi connectivity index (χ4v) is 10.6. The highest BCUT2D eigenvalue weighted by molar-refractivity contribution is 6.71. The van der Waals surface area contributed by atoms with Gasteiger partial charge in [-0.2, -0.15) is 0 Å². The van der Waals surface area contributed by atoms with Gasteiger partial charge in [-0.1, -0.05) is 0 Å². The maximum Gasteiger partial charge on any atom is 0.186 e. The van der Waals surface area contributed by atoms with E-state index in [1.54, 1.807) is 0 Å². The van der Waals surface area contributed by atoms with Crippen molar-refractivity contribution in [1.29, 1.82) is 0 Å². The van der Waals surface area contributed by atoms with Gasteiger partial charge in [-0.05, 0) is 98.2 Å². The highest BCUT2D eigenvalue weighted by Crippen LogP contribution is 2.37. The van der Waals surface area contributed by atoms with E-state index in [0.29, 0.717) is 0 Å². The van der Waals surface area contributed by atoms with Crippen molar-refractivity contribution in [3.8, 4) is 0 Å². The summed E-state index contributed by atoms with van der Waals surface area (Å²) in [5.74, 6) is 0. The van der Waals surface area contributed by atoms with Crippen LogP contribution in [0.1, 0.15) is 0 Å². The van der Waals surface area contributed by atoms with E-state index in [1.807, 2.05) is 19.6 Å². The molecule has 256 valence electrons. The lowest BCUT2D eigenvalue weighted by molar-refractivity contribution is -0.347. The first kappa shape index (κ1) is 39.8. The van der Waals surface area contributed by atoms with Crippen LogP contribution in [0.5, 0.6) is 0 Å². The minimum absolute atomic E-state index is 0.306. The highest BCUT2D eigenvalue weighted by Gasteiger charge is 2.56. The fourth-order valence-electron chi connectivity index (χ4n) is 5.20. The van der Waals surface area contributed by atoms with Crippen LogP contribution in [-0.2, 0) is 36.3 Å². The zero-order valence-electron chi connectivity index (χ0n) is 29.3. The summed E-state index contributed by atoms with van der Waals surface area (Å²) in [4.78, 5) is 0. The zero-order chi connectivity index (χ0) is 33.3. The number of rotatable bonds is 14. The Morgan fingerprint density at radius 2 is 0.767 bits per heavy atom. The predicted octanol–water partition coefficient (Wildman–Crippen LogP) is 3.90. The summed E-state index contributed by atoms with van der Waals surface area (Å²) in [5.41, 5.74) is 0. The standard InChI is InChI=1S/C27H62O11Si5/c1-39(2,3)34-21-19(17-29)32-27(25(38-43(13,14)15)23(21)36-41(7,8)9)33-20-18(16-28)31-26(30)24(37-42(10,11)12)22(20)35-40(4,5)6/h18-30H,16-17H2,1-15H3/t18-,19-,20+,21+,22+,23+,24-,25-,26+,27+/m1/s1. The van der Waals surface area contributed by atoms with Crippen LogP contribution in [0.15, 0.2) is 0 Å². The lowest BCUT2D eigenvalue weighted by atomic mass is 9.97. The first-order valence-corrected chi connectivity index (χ1v) is 32.5. The Bertz CT molecular complexity index is 866. The van der Waals surface area contributed by atoms with Gasteiger partial charge in [-0.15, -0.1) is 0 Å². The Kier molecular flexibility index (Phi) is 13.7. The normalized spacial score (nSPS) is 35.3. The number of hydrogen-bond acceptors (Lipinski definition) is 11. The summed E-state index contributed by atoms with van der Waals surface area (Å²) >= 11 is 0. The van der Waals surface area contributed by atoms with E-state index >= 15 is 0 Å². The number of aliphatic hydroxyl groups is 3. The monoisotopic (exact) mass is 702 g/mol. The Balaban J connectivity index is 2.66. The minimum atomic E-state index is -2.23. The maximum atomic E-state index is 11.1. The molecular formula is C27H62O11Si5. The number of hydrogen-bond donors (Lipinski definition) is 3. The Morgan fingerprint density at radius 1 is 0.442 bits per heavy atom. The molecule has 0 aliphatic carbocycles. The van der Waals surface area contributed by atoms with Gasteiger partial charge in [0.1, 0.15) is 48.8 Å². The van der Waals surface area contributed by atoms with Crippen molar-refractivity contribution in [2.24, 2.45) is 0 Å². The van der Waals surface area contributed by atoms with Crippen LogP contribution in [-0.4, -0.2) is 132 Å². The summed E-state index contributed by atoms with van der Waals surface area (Å²) in [5, 5.41) is 32.1. The molecule has 0 aromatic carbocycles. The molecule has 2 saturated heterocycles. The predicted molar refractivity (Wildman–Crippen MR) is 180 cm³/mol. The zero-order valence-corrected chi connectivity index (χ0v) is 34.3. The van der Waals surface area contributed by atoms with Crippen molar-refractivity contribution in [2.45, 2.75) is 160 Å². The Hall–Kier alpha value is 0.644. The van der Waals surface area contributed by atoms with Crippen LogP contribution in [0.4, 0.5) is 0 Å². The average molecular weight is 703 g/mol. The van der Waals surface area contributed by atoms with Gasteiger partial charge >= 0.3 is 0 Å². The third-order valence-corrected chi connectivity index (χ3v) is 11.2. The third-order valence-electron chi connectivity index (χ3n) is 6.30. The van der Waals surface area contributed by atoms with Gasteiger partial charge in [-0.3, -0.25) is 0 Å². The first-order valence-electron chi connectivity index (χ1n) is 15.5. The van der Waals surface area contributed by atoms with E-state index < -0.39 is 110 Å². The van der Waals surface area contributed by atoms with Gasteiger partial charge in [0.25, 0.3) is 0 Å². The molecule has 43 heavy (non-hydrogen) atoms. The molecule has 0 amide bonds. The summed E-state index contributed by atoms with van der Waals surface area (Å²) < 4.78 is 52.5. The van der Waals surface area contributed by atoms with Crippen LogP contribution < -0.4 is 0 Å². The van der Waals surface area contributed by atoms with Crippen molar-refractivity contribution in [3.05, 3.63) is 0 Å². The van der Waals surface area contributed by atoms with E-state index in [2.05, 4.69) is 78.6 Å². The van der Waals surface area contributed by atoms with E-state index in [1.165, 1.54) is 0 Å². The molecule has 2 aliphatic rings. The number of ether oxygens (including phenoxy) is 3. The first-order chi connectivity index (χ1) is 19.2. The molecule has 11 nitrogen and oxygen atoms in total. The van der Waals surface area contributed by atoms with Crippen molar-refractivity contribution in [1.82, 2.24) is 0 Å². The van der Waals surface area contributed by atoms with Crippen molar-refractivity contribution in [3.63, 3.8) is 0 Å². The summed E-state index contributed by atoms with van der Waals surface area (Å²) in [6.45, 7) is 30.4. The molecular weight excluding hydrogens is 641 g/mol. The Labute approximate surface area is 265 Å². The molecule has 2 heterocycles. The fraction of sp³-hybridized carbons (Fsp3) is 1.00. The molecule has 16 heteroatoms. The second-order valence-electron chi connectivity index (χ2n) is 16.5. The van der Waals surface area contributed by atoms with Gasteiger partial charge in [0, 0.05) is 0 Å². The maximum absolute atomic E-state index is 11.1.